The van der Waals surface area contributed by atoms with Crippen molar-refractivity contribution in [1.29, 1.82) is 0 Å². The van der Waals surface area contributed by atoms with E-state index in [4.69, 9.17) is 27.9 Å². The summed E-state index contributed by atoms with van der Waals surface area (Å²) in [6, 6.07) is 9.71. The minimum atomic E-state index is -0.664. The van der Waals surface area contributed by atoms with E-state index in [1.807, 2.05) is 0 Å². The number of carbonyl (C=O) groups excluding carboxylic acids is 4. The minimum absolute atomic E-state index is 0.00444. The van der Waals surface area contributed by atoms with Crippen LogP contribution in [-0.4, -0.2) is 30.2 Å². The van der Waals surface area contributed by atoms with Gasteiger partial charge in [0.25, 0.3) is 0 Å². The van der Waals surface area contributed by atoms with Crippen molar-refractivity contribution in [2.24, 2.45) is 5.92 Å². The summed E-state index contributed by atoms with van der Waals surface area (Å²) >= 11 is 12.3. The topological polar surface area (TPSA) is 84.0 Å². The van der Waals surface area contributed by atoms with Crippen molar-refractivity contribution < 1.29 is 23.9 Å². The molecule has 0 unspecified atom stereocenters. The van der Waals surface area contributed by atoms with Gasteiger partial charge in [-0.2, -0.15) is 0 Å². The average molecular weight is 475 g/mol. The second-order valence-electron chi connectivity index (χ2n) is 7.82. The molecule has 0 aliphatic carbocycles. The van der Waals surface area contributed by atoms with Crippen LogP contribution in [0.4, 0.5) is 11.4 Å². The number of imide groups is 1. The molecule has 2 aliphatic rings. The van der Waals surface area contributed by atoms with Crippen molar-refractivity contribution in [3.05, 3.63) is 52.0 Å². The molecule has 3 amide bonds. The van der Waals surface area contributed by atoms with Crippen LogP contribution in [-0.2, 0) is 19.2 Å². The Morgan fingerprint density at radius 1 is 1.00 bits per heavy atom. The van der Waals surface area contributed by atoms with E-state index in [1.54, 1.807) is 37.3 Å². The fourth-order valence-corrected chi connectivity index (χ4v) is 4.36. The Kier molecular flexibility index (Phi) is 6.22. The number of hydrogen-bond donors (Lipinski definition) is 0. The number of ether oxygens (including phenoxy) is 1. The van der Waals surface area contributed by atoms with E-state index >= 15 is 0 Å². The highest BCUT2D eigenvalue weighted by atomic mass is 35.5. The molecular formula is C23H20Cl2N2O5. The van der Waals surface area contributed by atoms with E-state index in [0.717, 1.165) is 0 Å². The van der Waals surface area contributed by atoms with Crippen LogP contribution in [0.25, 0.3) is 0 Å². The zero-order valence-corrected chi connectivity index (χ0v) is 18.8. The van der Waals surface area contributed by atoms with Crippen LogP contribution in [0.3, 0.4) is 0 Å². The highest BCUT2D eigenvalue weighted by molar-refractivity contribution is 6.44. The fraction of sp³-hybridized carbons (Fsp3) is 0.304. The number of hydrogen-bond acceptors (Lipinski definition) is 5. The smallest absolute Gasteiger partial charge is 0.316 e. The third-order valence-corrected chi connectivity index (χ3v) is 6.40. The van der Waals surface area contributed by atoms with Crippen molar-refractivity contribution >= 4 is 58.3 Å². The molecule has 7 nitrogen and oxygen atoms in total. The Balaban J connectivity index is 1.47. The molecule has 9 heteroatoms. The maximum absolute atomic E-state index is 12.7. The molecule has 1 atom stereocenters. The first-order valence-electron chi connectivity index (χ1n) is 10.2. The van der Waals surface area contributed by atoms with E-state index in [1.165, 1.54) is 15.9 Å². The molecule has 4 rings (SSSR count). The maximum atomic E-state index is 12.7. The zero-order valence-electron chi connectivity index (χ0n) is 17.3. The van der Waals surface area contributed by atoms with E-state index in [0.29, 0.717) is 41.2 Å². The third kappa shape index (κ3) is 4.23. The highest BCUT2D eigenvalue weighted by Crippen LogP contribution is 2.36. The summed E-state index contributed by atoms with van der Waals surface area (Å²) < 4.78 is 5.50. The maximum Gasteiger partial charge on any atom is 0.316 e. The lowest BCUT2D eigenvalue weighted by Gasteiger charge is -2.26. The summed E-state index contributed by atoms with van der Waals surface area (Å²) in [5, 5.41) is 0.578. The predicted octanol–water partition coefficient (Wildman–Crippen LogP) is 4.30. The molecule has 0 spiro atoms. The average Bonchev–Trinajstić information content (AvgIpc) is 3.13. The Bertz CT molecular complexity index is 1120. The standard InChI is InChI=1S/C23H20Cl2N2O5/c1-13-10-15(8-9-17(13)27-19(28)6-3-7-20(27)29)32-23(31)14-11-21(30)26(12-14)18-5-2-4-16(24)22(18)25/h2,4-5,8-10,14H,3,6-7,11-12H2,1H3/t14-/m0/s1. The number of rotatable bonds is 4. The monoisotopic (exact) mass is 474 g/mol. The van der Waals surface area contributed by atoms with Crippen molar-refractivity contribution in [3.63, 3.8) is 0 Å². The molecule has 2 aliphatic heterocycles. The van der Waals surface area contributed by atoms with Gasteiger partial charge < -0.3 is 9.64 Å². The van der Waals surface area contributed by atoms with Gasteiger partial charge in [-0.15, -0.1) is 0 Å². The van der Waals surface area contributed by atoms with Gasteiger partial charge >= 0.3 is 5.97 Å². The molecular weight excluding hydrogens is 455 g/mol. The van der Waals surface area contributed by atoms with Crippen LogP contribution in [0.5, 0.6) is 5.75 Å². The Morgan fingerprint density at radius 3 is 2.41 bits per heavy atom. The van der Waals surface area contributed by atoms with E-state index < -0.39 is 11.9 Å². The molecule has 2 fully saturated rings. The first kappa shape index (κ1) is 22.3. The molecule has 2 saturated heterocycles. The fourth-order valence-electron chi connectivity index (χ4n) is 3.96. The zero-order chi connectivity index (χ0) is 23.0. The molecule has 2 aromatic rings. The second kappa shape index (κ2) is 8.92. The lowest BCUT2D eigenvalue weighted by molar-refractivity contribution is -0.139. The van der Waals surface area contributed by atoms with E-state index in [-0.39, 0.29) is 41.5 Å². The van der Waals surface area contributed by atoms with Crippen LogP contribution in [0.2, 0.25) is 10.0 Å². The molecule has 2 aromatic carbocycles. The van der Waals surface area contributed by atoms with Crippen LogP contribution in [0.1, 0.15) is 31.2 Å². The summed E-state index contributed by atoms with van der Waals surface area (Å²) in [7, 11) is 0. The number of benzene rings is 2. The molecule has 0 saturated carbocycles. The van der Waals surface area contributed by atoms with Gasteiger partial charge in [-0.1, -0.05) is 29.3 Å². The van der Waals surface area contributed by atoms with Crippen molar-refractivity contribution in [1.82, 2.24) is 0 Å². The minimum Gasteiger partial charge on any atom is -0.426 e. The molecule has 32 heavy (non-hydrogen) atoms. The van der Waals surface area contributed by atoms with Gasteiger partial charge in [0.05, 0.1) is 27.3 Å². The van der Waals surface area contributed by atoms with Gasteiger partial charge in [0, 0.05) is 25.8 Å². The Morgan fingerprint density at radius 2 is 1.72 bits per heavy atom. The Labute approximate surface area is 194 Å². The summed E-state index contributed by atoms with van der Waals surface area (Å²) in [5.41, 5.74) is 1.57. The first-order valence-corrected chi connectivity index (χ1v) is 10.9. The van der Waals surface area contributed by atoms with E-state index in [2.05, 4.69) is 0 Å². The van der Waals surface area contributed by atoms with Gasteiger partial charge in [-0.05, 0) is 49.2 Å². The number of esters is 1. The summed E-state index contributed by atoms with van der Waals surface area (Å²) in [6.45, 7) is 1.87. The van der Waals surface area contributed by atoms with Crippen LogP contribution < -0.4 is 14.5 Å². The predicted molar refractivity (Wildman–Crippen MR) is 120 cm³/mol. The summed E-state index contributed by atoms with van der Waals surface area (Å²) in [5.74, 6) is -1.65. The normalized spacial score (nSPS) is 19.0. The van der Waals surface area contributed by atoms with E-state index in [9.17, 15) is 19.2 Å². The van der Waals surface area contributed by atoms with Gasteiger partial charge in [-0.3, -0.25) is 24.1 Å². The number of carbonyl (C=O) groups is 4. The quantitative estimate of drug-likeness (QED) is 0.374. The number of amides is 3. The molecule has 166 valence electrons. The second-order valence-corrected chi connectivity index (χ2v) is 8.61. The van der Waals surface area contributed by atoms with Crippen LogP contribution >= 0.6 is 23.2 Å². The van der Waals surface area contributed by atoms with Gasteiger partial charge in [0.2, 0.25) is 17.7 Å². The largest absolute Gasteiger partial charge is 0.426 e. The number of piperidine rings is 1. The number of anilines is 2. The number of halogens is 2. The molecule has 2 heterocycles. The molecule has 0 N–H and O–H groups in total. The lowest BCUT2D eigenvalue weighted by atomic mass is 10.1. The van der Waals surface area contributed by atoms with Gasteiger partial charge in [0.1, 0.15) is 5.75 Å². The lowest BCUT2D eigenvalue weighted by Crippen LogP contribution is -2.40. The Hall–Kier alpha value is -2.90. The first-order chi connectivity index (χ1) is 15.3. The van der Waals surface area contributed by atoms with Crippen molar-refractivity contribution in [3.8, 4) is 5.75 Å². The summed E-state index contributed by atoms with van der Waals surface area (Å²) in [4.78, 5) is 52.2. The third-order valence-electron chi connectivity index (χ3n) is 5.59. The van der Waals surface area contributed by atoms with Crippen molar-refractivity contribution in [2.75, 3.05) is 16.3 Å². The number of nitrogens with zero attached hydrogens (tertiary/aromatic N) is 2. The molecule has 0 bridgehead atoms. The van der Waals surface area contributed by atoms with Crippen molar-refractivity contribution in [2.45, 2.75) is 32.6 Å². The van der Waals surface area contributed by atoms with Gasteiger partial charge in [0.15, 0.2) is 0 Å². The number of aryl methyl sites for hydroxylation is 1. The van der Waals surface area contributed by atoms with Crippen LogP contribution in [0.15, 0.2) is 36.4 Å². The molecule has 0 radical (unpaired) electrons. The SMILES string of the molecule is Cc1cc(OC(=O)[C@H]2CC(=O)N(c3cccc(Cl)c3Cl)C2)ccc1N1C(=O)CCCC1=O. The summed E-state index contributed by atoms with van der Waals surface area (Å²) in [6.07, 6.45) is 1.20. The highest BCUT2D eigenvalue weighted by Gasteiger charge is 2.37. The molecule has 0 aromatic heterocycles. The van der Waals surface area contributed by atoms with Gasteiger partial charge in [-0.25, -0.2) is 0 Å². The van der Waals surface area contributed by atoms with Crippen LogP contribution in [0, 0.1) is 12.8 Å².